The predicted octanol–water partition coefficient (Wildman–Crippen LogP) is 0.193. The second-order valence-electron chi connectivity index (χ2n) is 1.38. The van der Waals surface area contributed by atoms with Gasteiger partial charge in [0.05, 0.1) is 6.20 Å². The first kappa shape index (κ1) is 8.10. The molecule has 0 saturated heterocycles. The summed E-state index contributed by atoms with van der Waals surface area (Å²) in [5, 5.41) is 17.1. The first-order chi connectivity index (χ1) is 4.41. The van der Waals surface area contributed by atoms with Crippen LogP contribution < -0.4 is 0 Å². The fraction of sp³-hybridized carbons (Fsp3) is 0.600. The van der Waals surface area contributed by atoms with E-state index in [9.17, 15) is 0 Å². The van der Waals surface area contributed by atoms with Crippen molar-refractivity contribution in [1.29, 1.82) is 0 Å². The fourth-order valence-electron chi connectivity index (χ4n) is 0.167. The standard InChI is InChI=1S/C3H8O.C2H3N3/c1-2-3-4;1-2-4-5-3-1/h4H,2-3H2,1H3;1-2H,(H,3,4,5). The molecule has 1 aromatic heterocycles. The molecule has 1 heterocycles. The molecule has 0 spiro atoms. The van der Waals surface area contributed by atoms with Gasteiger partial charge in [0, 0.05) is 12.8 Å². The fourth-order valence-corrected chi connectivity index (χ4v) is 0.167. The van der Waals surface area contributed by atoms with Crippen LogP contribution >= 0.6 is 0 Å². The topological polar surface area (TPSA) is 61.8 Å². The largest absolute Gasteiger partial charge is 0.396 e. The lowest BCUT2D eigenvalue weighted by molar-refractivity contribution is 0.295. The Balaban J connectivity index is 0.000000148. The van der Waals surface area contributed by atoms with Crippen LogP contribution in [-0.2, 0) is 0 Å². The monoisotopic (exact) mass is 129 g/mol. The molecule has 9 heavy (non-hydrogen) atoms. The molecule has 4 heteroatoms. The van der Waals surface area contributed by atoms with E-state index in [0.29, 0.717) is 6.61 Å². The Morgan fingerprint density at radius 3 is 2.44 bits per heavy atom. The van der Waals surface area contributed by atoms with Crippen molar-refractivity contribution in [3.05, 3.63) is 12.4 Å². The highest BCUT2D eigenvalue weighted by molar-refractivity contribution is 4.54. The van der Waals surface area contributed by atoms with Crippen molar-refractivity contribution in [2.24, 2.45) is 0 Å². The van der Waals surface area contributed by atoms with Gasteiger partial charge < -0.3 is 5.11 Å². The lowest BCUT2D eigenvalue weighted by atomic mass is 10.5. The molecule has 0 aliphatic rings. The highest BCUT2D eigenvalue weighted by Gasteiger charge is 1.57. The highest BCUT2D eigenvalue weighted by atomic mass is 16.2. The second kappa shape index (κ2) is 7.10. The Bertz CT molecular complexity index is 87.7. The number of nitrogens with one attached hydrogen (secondary N) is 1. The van der Waals surface area contributed by atoms with Gasteiger partial charge in [-0.1, -0.05) is 12.1 Å². The van der Waals surface area contributed by atoms with Crippen LogP contribution in [-0.4, -0.2) is 27.1 Å². The van der Waals surface area contributed by atoms with E-state index in [0.717, 1.165) is 6.42 Å². The number of H-pyrrole nitrogens is 1. The maximum atomic E-state index is 7.88. The summed E-state index contributed by atoms with van der Waals surface area (Å²) in [4.78, 5) is 0. The zero-order valence-corrected chi connectivity index (χ0v) is 5.41. The van der Waals surface area contributed by atoms with E-state index in [1.807, 2.05) is 6.92 Å². The van der Waals surface area contributed by atoms with Crippen molar-refractivity contribution >= 4 is 0 Å². The zero-order valence-electron chi connectivity index (χ0n) is 5.41. The Morgan fingerprint density at radius 2 is 2.33 bits per heavy atom. The maximum absolute atomic E-state index is 7.88. The van der Waals surface area contributed by atoms with Crippen LogP contribution in [0.2, 0.25) is 0 Å². The molecule has 0 saturated carbocycles. The van der Waals surface area contributed by atoms with E-state index in [2.05, 4.69) is 15.4 Å². The third kappa shape index (κ3) is 7.10. The van der Waals surface area contributed by atoms with Gasteiger partial charge in [-0.15, -0.1) is 5.10 Å². The molecule has 0 amide bonds. The lowest BCUT2D eigenvalue weighted by Gasteiger charge is -1.69. The summed E-state index contributed by atoms with van der Waals surface area (Å²) >= 11 is 0. The molecular weight excluding hydrogens is 118 g/mol. The van der Waals surface area contributed by atoms with E-state index in [1.54, 1.807) is 12.4 Å². The SMILES string of the molecule is CCCO.c1c[nH]nn1. The second-order valence-corrected chi connectivity index (χ2v) is 1.38. The summed E-state index contributed by atoms with van der Waals surface area (Å²) in [7, 11) is 0. The molecule has 0 aliphatic carbocycles. The van der Waals surface area contributed by atoms with Gasteiger partial charge in [0.2, 0.25) is 0 Å². The Kier molecular flexibility index (Phi) is 6.39. The van der Waals surface area contributed by atoms with Crippen LogP contribution in [0, 0.1) is 0 Å². The van der Waals surface area contributed by atoms with Gasteiger partial charge >= 0.3 is 0 Å². The highest BCUT2D eigenvalue weighted by Crippen LogP contribution is 1.61. The number of nitrogens with zero attached hydrogens (tertiary/aromatic N) is 2. The molecular formula is C5H11N3O. The molecule has 0 aromatic carbocycles. The minimum atomic E-state index is 0.319. The van der Waals surface area contributed by atoms with Crippen molar-refractivity contribution in [3.63, 3.8) is 0 Å². The van der Waals surface area contributed by atoms with E-state index in [4.69, 9.17) is 5.11 Å². The number of hydrogen-bond donors (Lipinski definition) is 2. The first-order valence-electron chi connectivity index (χ1n) is 2.83. The molecule has 0 aliphatic heterocycles. The van der Waals surface area contributed by atoms with Crippen LogP contribution in [0.4, 0.5) is 0 Å². The van der Waals surface area contributed by atoms with E-state index >= 15 is 0 Å². The summed E-state index contributed by atoms with van der Waals surface area (Å²) in [6.45, 7) is 2.25. The third-order valence-corrected chi connectivity index (χ3v) is 0.555. The van der Waals surface area contributed by atoms with Crippen LogP contribution in [0.25, 0.3) is 0 Å². The summed E-state index contributed by atoms with van der Waals surface area (Å²) in [5.74, 6) is 0. The molecule has 0 unspecified atom stereocenters. The number of aliphatic hydroxyl groups is 1. The molecule has 0 bridgehead atoms. The summed E-state index contributed by atoms with van der Waals surface area (Å²) in [6.07, 6.45) is 4.11. The number of aliphatic hydroxyl groups excluding tert-OH is 1. The third-order valence-electron chi connectivity index (χ3n) is 0.555. The van der Waals surface area contributed by atoms with Crippen LogP contribution in [0.15, 0.2) is 12.4 Å². The average Bonchev–Trinajstić information content (AvgIpc) is 2.43. The Hall–Kier alpha value is -0.900. The minimum absolute atomic E-state index is 0.319. The Morgan fingerprint density at radius 1 is 1.67 bits per heavy atom. The molecule has 2 N–H and O–H groups in total. The van der Waals surface area contributed by atoms with Gasteiger partial charge in [-0.2, -0.15) is 0 Å². The van der Waals surface area contributed by atoms with Crippen LogP contribution in [0.5, 0.6) is 0 Å². The van der Waals surface area contributed by atoms with Crippen molar-refractivity contribution in [1.82, 2.24) is 15.4 Å². The number of rotatable bonds is 1. The molecule has 1 aromatic rings. The molecule has 1 rings (SSSR count). The van der Waals surface area contributed by atoms with Crippen LogP contribution in [0.3, 0.4) is 0 Å². The van der Waals surface area contributed by atoms with Crippen molar-refractivity contribution in [2.75, 3.05) is 6.61 Å². The molecule has 52 valence electrons. The van der Waals surface area contributed by atoms with Gasteiger partial charge in [0.15, 0.2) is 0 Å². The van der Waals surface area contributed by atoms with E-state index in [1.165, 1.54) is 0 Å². The Labute approximate surface area is 53.9 Å². The molecule has 0 atom stereocenters. The van der Waals surface area contributed by atoms with Gasteiger partial charge in [-0.05, 0) is 6.42 Å². The average molecular weight is 129 g/mol. The van der Waals surface area contributed by atoms with Crippen molar-refractivity contribution in [2.45, 2.75) is 13.3 Å². The summed E-state index contributed by atoms with van der Waals surface area (Å²) in [5.41, 5.74) is 0. The van der Waals surface area contributed by atoms with E-state index in [-0.39, 0.29) is 0 Å². The van der Waals surface area contributed by atoms with Crippen LogP contribution in [0.1, 0.15) is 13.3 Å². The van der Waals surface area contributed by atoms with Gasteiger partial charge in [-0.25, -0.2) is 0 Å². The normalized spacial score (nSPS) is 7.78. The molecule has 4 nitrogen and oxygen atoms in total. The van der Waals surface area contributed by atoms with Gasteiger partial charge in [0.1, 0.15) is 0 Å². The quantitative estimate of drug-likeness (QED) is 0.569. The minimum Gasteiger partial charge on any atom is -0.396 e. The number of aromatic amines is 1. The molecule has 0 fully saturated rings. The summed E-state index contributed by atoms with van der Waals surface area (Å²) < 4.78 is 0. The number of hydrogen-bond acceptors (Lipinski definition) is 3. The van der Waals surface area contributed by atoms with Crippen molar-refractivity contribution in [3.8, 4) is 0 Å². The molecule has 0 radical (unpaired) electrons. The van der Waals surface area contributed by atoms with Crippen molar-refractivity contribution < 1.29 is 5.11 Å². The summed E-state index contributed by atoms with van der Waals surface area (Å²) in [6, 6.07) is 0. The van der Waals surface area contributed by atoms with Gasteiger partial charge in [-0.3, -0.25) is 5.10 Å². The maximum Gasteiger partial charge on any atom is 0.0690 e. The van der Waals surface area contributed by atoms with Gasteiger partial charge in [0.25, 0.3) is 0 Å². The predicted molar refractivity (Wildman–Crippen MR) is 33.8 cm³/mol. The van der Waals surface area contributed by atoms with E-state index < -0.39 is 0 Å². The number of aromatic nitrogens is 3. The zero-order chi connectivity index (χ0) is 6.95. The smallest absolute Gasteiger partial charge is 0.0690 e. The lowest BCUT2D eigenvalue weighted by Crippen LogP contribution is -1.69. The first-order valence-corrected chi connectivity index (χ1v) is 2.83.